The van der Waals surface area contributed by atoms with Crippen LogP contribution in [0.25, 0.3) is 5.57 Å². The zero-order chi connectivity index (χ0) is 16.4. The maximum absolute atomic E-state index is 6.29. The van der Waals surface area contributed by atoms with E-state index in [2.05, 4.69) is 63.5 Å². The molecule has 1 aliphatic carbocycles. The van der Waals surface area contributed by atoms with Gasteiger partial charge in [-0.25, -0.2) is 0 Å². The van der Waals surface area contributed by atoms with Gasteiger partial charge in [0.15, 0.2) is 0 Å². The van der Waals surface area contributed by atoms with Crippen molar-refractivity contribution in [2.24, 2.45) is 5.92 Å². The van der Waals surface area contributed by atoms with Gasteiger partial charge in [-0.05, 0) is 30.2 Å². The van der Waals surface area contributed by atoms with E-state index in [-0.39, 0.29) is 0 Å². The number of halogens is 1. The highest BCUT2D eigenvalue weighted by Gasteiger charge is 2.31. The summed E-state index contributed by atoms with van der Waals surface area (Å²) in [4.78, 5) is 1.39. The molecule has 1 nitrogen and oxygen atoms in total. The molecule has 0 N–H and O–H groups in total. The number of thioether (sulfide) groups is 1. The van der Waals surface area contributed by atoms with E-state index in [4.69, 9.17) is 11.6 Å². The van der Waals surface area contributed by atoms with E-state index in [0.717, 1.165) is 22.5 Å². The Morgan fingerprint density at radius 3 is 2.83 bits per heavy atom. The van der Waals surface area contributed by atoms with Crippen LogP contribution in [0.15, 0.2) is 58.5 Å². The number of hydrogen-bond acceptors (Lipinski definition) is 1. The zero-order valence-electron chi connectivity index (χ0n) is 14.1. The van der Waals surface area contributed by atoms with Gasteiger partial charge in [0.2, 0.25) is 0 Å². The van der Waals surface area contributed by atoms with Crippen LogP contribution in [0.1, 0.15) is 18.9 Å². The molecule has 0 radical (unpaired) electrons. The molecular weight excluding hydrogens is 322 g/mol. The Hall–Kier alpha value is -0.960. The van der Waals surface area contributed by atoms with Crippen LogP contribution in [0, 0.1) is 5.92 Å². The number of allylic oxidation sites excluding steroid dienone is 4. The Morgan fingerprint density at radius 1 is 1.26 bits per heavy atom. The maximum Gasteiger partial charge on any atom is 0.0817 e. The molecule has 0 bridgehead atoms. The van der Waals surface area contributed by atoms with Crippen LogP contribution in [0.5, 0.6) is 0 Å². The van der Waals surface area contributed by atoms with Gasteiger partial charge in [-0.1, -0.05) is 48.0 Å². The van der Waals surface area contributed by atoms with Crippen molar-refractivity contribution in [1.29, 1.82) is 0 Å². The fourth-order valence-corrected chi connectivity index (χ4v) is 4.62. The summed E-state index contributed by atoms with van der Waals surface area (Å²) in [6.07, 6.45) is 10.1. The van der Waals surface area contributed by atoms with E-state index < -0.39 is 0 Å². The van der Waals surface area contributed by atoms with E-state index in [1.807, 2.05) is 17.8 Å². The third kappa shape index (κ3) is 3.76. The van der Waals surface area contributed by atoms with Crippen LogP contribution in [-0.4, -0.2) is 36.9 Å². The molecule has 0 amide bonds. The van der Waals surface area contributed by atoms with Crippen molar-refractivity contribution in [2.45, 2.75) is 23.5 Å². The summed E-state index contributed by atoms with van der Waals surface area (Å²) in [5.41, 5.74) is 2.83. The van der Waals surface area contributed by atoms with Crippen LogP contribution in [0.3, 0.4) is 0 Å². The molecule has 0 spiro atoms. The standard InChI is InChI=1S/C20H25ClNS/c1-4-22(2,3)13-7-9-16-17-8-5-6-10-19(17)23-20-12-11-15(21)14-18(16)20/h5-6,8-12,14,18,20H,4,7,13H2,1-3H3/q+1/b16-9-. The quantitative estimate of drug-likeness (QED) is 0.663. The molecule has 3 rings (SSSR count). The molecule has 2 aliphatic rings. The first-order chi connectivity index (χ1) is 11.0. The van der Waals surface area contributed by atoms with Gasteiger partial charge in [0.05, 0.1) is 27.2 Å². The van der Waals surface area contributed by atoms with Gasteiger partial charge in [0.1, 0.15) is 0 Å². The van der Waals surface area contributed by atoms with E-state index >= 15 is 0 Å². The van der Waals surface area contributed by atoms with Crippen LogP contribution in [0.4, 0.5) is 0 Å². The van der Waals surface area contributed by atoms with Crippen LogP contribution in [-0.2, 0) is 0 Å². The number of benzene rings is 1. The van der Waals surface area contributed by atoms with Crippen molar-refractivity contribution < 1.29 is 4.48 Å². The molecule has 1 aromatic rings. The highest BCUT2D eigenvalue weighted by atomic mass is 35.5. The summed E-state index contributed by atoms with van der Waals surface area (Å²) >= 11 is 8.25. The van der Waals surface area contributed by atoms with E-state index in [0.29, 0.717) is 11.2 Å². The minimum Gasteiger partial charge on any atom is -0.328 e. The lowest BCUT2D eigenvalue weighted by Crippen LogP contribution is -2.39. The monoisotopic (exact) mass is 346 g/mol. The van der Waals surface area contributed by atoms with Gasteiger partial charge in [-0.2, -0.15) is 0 Å². The summed E-state index contributed by atoms with van der Waals surface area (Å²) < 4.78 is 1.06. The zero-order valence-corrected chi connectivity index (χ0v) is 15.7. The highest BCUT2D eigenvalue weighted by molar-refractivity contribution is 8.00. The number of rotatable bonds is 4. The van der Waals surface area contributed by atoms with Crippen LogP contribution >= 0.6 is 23.4 Å². The molecule has 0 fully saturated rings. The summed E-state index contributed by atoms with van der Waals surface area (Å²) in [5, 5.41) is 1.33. The molecule has 1 heterocycles. The van der Waals surface area contributed by atoms with Crippen molar-refractivity contribution in [3.05, 3.63) is 59.2 Å². The predicted molar refractivity (Wildman–Crippen MR) is 103 cm³/mol. The molecule has 0 saturated heterocycles. The second-order valence-corrected chi connectivity index (χ2v) is 8.60. The summed E-state index contributed by atoms with van der Waals surface area (Å²) in [7, 11) is 4.60. The average Bonchev–Trinajstić information content (AvgIpc) is 2.54. The number of hydrogen-bond donors (Lipinski definition) is 0. The summed E-state index contributed by atoms with van der Waals surface area (Å²) in [5.74, 6) is 0.393. The predicted octanol–water partition coefficient (Wildman–Crippen LogP) is 5.34. The average molecular weight is 347 g/mol. The normalized spacial score (nSPS) is 25.0. The molecule has 1 aliphatic heterocycles. The first kappa shape index (κ1) is 16.9. The largest absolute Gasteiger partial charge is 0.328 e. The topological polar surface area (TPSA) is 0 Å². The van der Waals surface area contributed by atoms with Crippen LogP contribution in [0.2, 0.25) is 0 Å². The van der Waals surface area contributed by atoms with Crippen molar-refractivity contribution in [3.8, 4) is 0 Å². The minimum atomic E-state index is 0.393. The van der Waals surface area contributed by atoms with Crippen molar-refractivity contribution in [3.63, 3.8) is 0 Å². The molecule has 23 heavy (non-hydrogen) atoms. The smallest absolute Gasteiger partial charge is 0.0817 e. The minimum absolute atomic E-state index is 0.393. The van der Waals surface area contributed by atoms with Gasteiger partial charge >= 0.3 is 0 Å². The SMILES string of the molecule is CC[N+](C)(C)CC/C=C1/c2ccccc2SC2C=CC(Cl)=CC12. The molecule has 0 aromatic heterocycles. The van der Waals surface area contributed by atoms with Crippen LogP contribution < -0.4 is 0 Å². The fraction of sp³-hybridized carbons (Fsp3) is 0.400. The number of nitrogens with zero attached hydrogens (tertiary/aromatic N) is 1. The van der Waals surface area contributed by atoms with Crippen molar-refractivity contribution in [1.82, 2.24) is 0 Å². The lowest BCUT2D eigenvalue weighted by molar-refractivity contribution is -0.888. The second-order valence-electron chi connectivity index (χ2n) is 6.94. The Bertz CT molecular complexity index is 672. The molecule has 1 aromatic carbocycles. The summed E-state index contributed by atoms with van der Waals surface area (Å²) in [6.45, 7) is 4.58. The first-order valence-electron chi connectivity index (χ1n) is 8.34. The molecular formula is C20H25ClNS+. The Morgan fingerprint density at radius 2 is 2.04 bits per heavy atom. The van der Waals surface area contributed by atoms with E-state index in [1.165, 1.54) is 22.6 Å². The fourth-order valence-electron chi connectivity index (χ4n) is 3.12. The summed E-state index contributed by atoms with van der Waals surface area (Å²) in [6, 6.07) is 8.77. The van der Waals surface area contributed by atoms with E-state index in [9.17, 15) is 0 Å². The molecule has 122 valence electrons. The van der Waals surface area contributed by atoms with Gasteiger partial charge in [0, 0.05) is 27.5 Å². The Kier molecular flexibility index (Phi) is 5.05. The molecule has 2 unspecified atom stereocenters. The Balaban J connectivity index is 1.92. The van der Waals surface area contributed by atoms with Gasteiger partial charge in [0.25, 0.3) is 0 Å². The third-order valence-corrected chi connectivity index (χ3v) is 6.50. The highest BCUT2D eigenvalue weighted by Crippen LogP contribution is 2.48. The third-order valence-electron chi connectivity index (χ3n) is 4.91. The molecule has 0 saturated carbocycles. The Labute approximate surface area is 149 Å². The van der Waals surface area contributed by atoms with E-state index in [1.54, 1.807) is 0 Å². The lowest BCUT2D eigenvalue weighted by Gasteiger charge is -2.34. The number of quaternary nitrogens is 1. The lowest BCUT2D eigenvalue weighted by atomic mass is 9.85. The maximum atomic E-state index is 6.29. The van der Waals surface area contributed by atoms with Gasteiger partial charge < -0.3 is 4.48 Å². The first-order valence-corrected chi connectivity index (χ1v) is 9.59. The van der Waals surface area contributed by atoms with Crippen molar-refractivity contribution in [2.75, 3.05) is 27.2 Å². The number of fused-ring (bicyclic) bond motifs is 2. The molecule has 2 atom stereocenters. The molecule has 3 heteroatoms. The van der Waals surface area contributed by atoms with Crippen molar-refractivity contribution >= 4 is 28.9 Å². The van der Waals surface area contributed by atoms with Gasteiger partial charge in [-0.3, -0.25) is 0 Å². The van der Waals surface area contributed by atoms with Gasteiger partial charge in [-0.15, -0.1) is 11.8 Å². The second kappa shape index (κ2) is 6.88.